The number of carbonyl (C=O) groups is 4. The average molecular weight is 709 g/mol. The molecule has 0 bridgehead atoms. The molecule has 0 fully saturated rings. The van der Waals surface area contributed by atoms with Crippen molar-refractivity contribution < 1.29 is 45.5 Å². The summed E-state index contributed by atoms with van der Waals surface area (Å²) < 4.78 is 64.2. The SMILES string of the molecule is Cc1ccccc1S(=O)(=O)NC(=O)Nc1ccc(C(=O)OCCCOC(=O)c2ccc(NC(=O)NS(=O)(=O)c3ccccc3C)cc2)cc1. The maximum Gasteiger partial charge on any atom is 0.338 e. The van der Waals surface area contributed by atoms with Crippen molar-refractivity contribution in [1.29, 1.82) is 0 Å². The Bertz CT molecular complexity index is 1920. The van der Waals surface area contributed by atoms with Crippen molar-refractivity contribution in [3.8, 4) is 0 Å². The lowest BCUT2D eigenvalue weighted by Crippen LogP contribution is -2.34. The van der Waals surface area contributed by atoms with E-state index in [9.17, 15) is 36.0 Å². The van der Waals surface area contributed by atoms with Gasteiger partial charge in [-0.15, -0.1) is 0 Å². The van der Waals surface area contributed by atoms with Crippen LogP contribution >= 0.6 is 0 Å². The van der Waals surface area contributed by atoms with Gasteiger partial charge in [-0.3, -0.25) is 0 Å². The Hall–Kier alpha value is -5.74. The van der Waals surface area contributed by atoms with E-state index < -0.39 is 44.0 Å². The fourth-order valence-electron chi connectivity index (χ4n) is 4.32. The van der Waals surface area contributed by atoms with Crippen molar-refractivity contribution >= 4 is 55.4 Å². The van der Waals surface area contributed by atoms with Crippen LogP contribution in [0, 0.1) is 13.8 Å². The molecule has 49 heavy (non-hydrogen) atoms. The summed E-state index contributed by atoms with van der Waals surface area (Å²) in [7, 11) is -8.18. The summed E-state index contributed by atoms with van der Waals surface area (Å²) in [5.41, 5.74) is 1.77. The number of ether oxygens (including phenoxy) is 2. The summed E-state index contributed by atoms with van der Waals surface area (Å²) in [4.78, 5) is 49.2. The summed E-state index contributed by atoms with van der Waals surface area (Å²) >= 11 is 0. The van der Waals surface area contributed by atoms with Gasteiger partial charge in [0.2, 0.25) is 0 Å². The van der Waals surface area contributed by atoms with Crippen LogP contribution in [0.2, 0.25) is 0 Å². The summed E-state index contributed by atoms with van der Waals surface area (Å²) in [6, 6.07) is 21.6. The molecule has 0 radical (unpaired) electrons. The van der Waals surface area contributed by atoms with Gasteiger partial charge in [-0.25, -0.2) is 45.5 Å². The number of carbonyl (C=O) groups excluding carboxylic acids is 4. The highest BCUT2D eigenvalue weighted by Crippen LogP contribution is 2.17. The molecule has 0 atom stereocenters. The van der Waals surface area contributed by atoms with Gasteiger partial charge in [-0.2, -0.15) is 0 Å². The van der Waals surface area contributed by atoms with Crippen molar-refractivity contribution in [2.24, 2.45) is 0 Å². The van der Waals surface area contributed by atoms with Crippen molar-refractivity contribution in [3.63, 3.8) is 0 Å². The lowest BCUT2D eigenvalue weighted by atomic mass is 10.2. The number of anilines is 2. The molecule has 4 aromatic rings. The van der Waals surface area contributed by atoms with Crippen LogP contribution < -0.4 is 20.1 Å². The lowest BCUT2D eigenvalue weighted by molar-refractivity contribution is 0.0395. The van der Waals surface area contributed by atoms with Crippen LogP contribution in [-0.4, -0.2) is 54.1 Å². The predicted molar refractivity (Wildman–Crippen MR) is 179 cm³/mol. The lowest BCUT2D eigenvalue weighted by Gasteiger charge is -2.11. The molecule has 256 valence electrons. The smallest absolute Gasteiger partial charge is 0.338 e. The van der Waals surface area contributed by atoms with Gasteiger partial charge in [0.15, 0.2) is 0 Å². The second kappa shape index (κ2) is 15.9. The molecular formula is C33H32N4O10S2. The van der Waals surface area contributed by atoms with Crippen molar-refractivity contribution in [2.45, 2.75) is 30.1 Å². The van der Waals surface area contributed by atoms with Gasteiger partial charge < -0.3 is 20.1 Å². The van der Waals surface area contributed by atoms with E-state index in [4.69, 9.17) is 9.47 Å². The first-order valence-electron chi connectivity index (χ1n) is 14.6. The number of amides is 4. The molecule has 4 amide bonds. The van der Waals surface area contributed by atoms with Crippen LogP contribution in [0.25, 0.3) is 0 Å². The standard InChI is InChI=1S/C33H32N4O10S2/c1-22-8-3-5-10-28(22)48(42,43)36-32(40)34-26-16-12-24(13-17-26)30(38)46-20-7-21-47-31(39)25-14-18-27(19-15-25)35-33(41)37-49(44,45)29-11-6-4-9-23(29)2/h3-6,8-19H,7,20-21H2,1-2H3,(H2,34,36,40)(H2,35,37,41). The maximum atomic E-state index is 12.5. The Kier molecular flexibility index (Phi) is 11.7. The van der Waals surface area contributed by atoms with Gasteiger partial charge in [0, 0.05) is 17.8 Å². The van der Waals surface area contributed by atoms with Gasteiger partial charge in [0.25, 0.3) is 20.0 Å². The molecule has 0 aliphatic rings. The Morgan fingerprint density at radius 1 is 0.531 bits per heavy atom. The van der Waals surface area contributed by atoms with E-state index in [0.29, 0.717) is 11.1 Å². The number of aryl methyl sites for hydroxylation is 2. The second-order valence-electron chi connectivity index (χ2n) is 10.4. The Labute approximate surface area is 282 Å². The average Bonchev–Trinajstić information content (AvgIpc) is 3.04. The van der Waals surface area contributed by atoms with Crippen LogP contribution in [0.3, 0.4) is 0 Å². The van der Waals surface area contributed by atoms with E-state index in [-0.39, 0.29) is 51.9 Å². The number of hydrogen-bond acceptors (Lipinski definition) is 10. The van der Waals surface area contributed by atoms with E-state index in [0.717, 1.165) is 0 Å². The van der Waals surface area contributed by atoms with Crippen LogP contribution in [0.4, 0.5) is 21.0 Å². The molecule has 16 heteroatoms. The molecule has 0 aliphatic heterocycles. The van der Waals surface area contributed by atoms with Gasteiger partial charge in [0.05, 0.1) is 34.1 Å². The topological polar surface area (TPSA) is 203 Å². The Balaban J connectivity index is 1.16. The Morgan fingerprint density at radius 3 is 1.22 bits per heavy atom. The van der Waals surface area contributed by atoms with Crippen LogP contribution in [-0.2, 0) is 29.5 Å². The summed E-state index contributed by atoms with van der Waals surface area (Å²) in [6.45, 7) is 3.09. The van der Waals surface area contributed by atoms with Gasteiger partial charge in [0.1, 0.15) is 0 Å². The first-order valence-corrected chi connectivity index (χ1v) is 17.5. The van der Waals surface area contributed by atoms with E-state index in [1.807, 2.05) is 9.44 Å². The number of hydrogen-bond donors (Lipinski definition) is 4. The second-order valence-corrected chi connectivity index (χ2v) is 13.7. The van der Waals surface area contributed by atoms with E-state index in [1.165, 1.54) is 60.7 Å². The number of rotatable bonds is 12. The number of nitrogens with one attached hydrogen (secondary N) is 4. The van der Waals surface area contributed by atoms with Crippen LogP contribution in [0.5, 0.6) is 0 Å². The first kappa shape index (κ1) is 36.1. The minimum Gasteiger partial charge on any atom is -0.462 e. The first-order chi connectivity index (χ1) is 23.2. The quantitative estimate of drug-likeness (QED) is 0.118. The molecule has 0 aliphatic carbocycles. The fourth-order valence-corrected chi connectivity index (χ4v) is 6.63. The highest BCUT2D eigenvalue weighted by Gasteiger charge is 2.21. The zero-order valence-corrected chi connectivity index (χ0v) is 27.9. The third kappa shape index (κ3) is 10.1. The molecular weight excluding hydrogens is 677 g/mol. The predicted octanol–water partition coefficient (Wildman–Crippen LogP) is 4.73. The molecule has 0 saturated carbocycles. The molecule has 14 nitrogen and oxygen atoms in total. The minimum absolute atomic E-state index is 0.0279. The van der Waals surface area contributed by atoms with Gasteiger partial charge in [-0.05, 0) is 85.6 Å². The van der Waals surface area contributed by atoms with E-state index in [2.05, 4.69) is 10.6 Å². The van der Waals surface area contributed by atoms with Crippen LogP contribution in [0.1, 0.15) is 38.3 Å². The summed E-state index contributed by atoms with van der Waals surface area (Å²) in [6.07, 6.45) is 0.196. The monoisotopic (exact) mass is 708 g/mol. The normalized spacial score (nSPS) is 11.1. The Morgan fingerprint density at radius 2 is 0.878 bits per heavy atom. The molecule has 0 saturated heterocycles. The highest BCUT2D eigenvalue weighted by molar-refractivity contribution is 7.90. The third-order valence-corrected chi connectivity index (χ3v) is 9.71. The minimum atomic E-state index is -4.09. The number of sulfonamides is 2. The van der Waals surface area contributed by atoms with Gasteiger partial charge in [-0.1, -0.05) is 36.4 Å². The fraction of sp³-hybridized carbons (Fsp3) is 0.152. The highest BCUT2D eigenvalue weighted by atomic mass is 32.2. The molecule has 4 N–H and O–H groups in total. The van der Waals surface area contributed by atoms with E-state index in [1.54, 1.807) is 50.2 Å². The number of urea groups is 2. The zero-order valence-electron chi connectivity index (χ0n) is 26.3. The summed E-state index contributed by atoms with van der Waals surface area (Å²) in [5, 5.41) is 4.78. The van der Waals surface area contributed by atoms with Crippen LogP contribution in [0.15, 0.2) is 107 Å². The molecule has 4 rings (SSSR count). The molecule has 0 spiro atoms. The molecule has 0 unspecified atom stereocenters. The largest absolute Gasteiger partial charge is 0.462 e. The van der Waals surface area contributed by atoms with Crippen molar-refractivity contribution in [1.82, 2.24) is 9.44 Å². The third-order valence-electron chi connectivity index (χ3n) is 6.73. The molecule has 0 heterocycles. The maximum absolute atomic E-state index is 12.5. The molecule has 0 aromatic heterocycles. The van der Waals surface area contributed by atoms with Crippen molar-refractivity contribution in [3.05, 3.63) is 119 Å². The van der Waals surface area contributed by atoms with Crippen molar-refractivity contribution in [2.75, 3.05) is 23.8 Å². The number of benzene rings is 4. The number of esters is 2. The molecule has 4 aromatic carbocycles. The van der Waals surface area contributed by atoms with E-state index >= 15 is 0 Å². The van der Waals surface area contributed by atoms with Gasteiger partial charge >= 0.3 is 24.0 Å². The summed E-state index contributed by atoms with van der Waals surface area (Å²) in [5.74, 6) is -1.33. The zero-order chi connectivity index (χ0) is 35.6.